The molecule has 3 rings (SSSR count). The van der Waals surface area contributed by atoms with Crippen LogP contribution in [0.2, 0.25) is 0 Å². The third-order valence-electron chi connectivity index (χ3n) is 4.09. The summed E-state index contributed by atoms with van der Waals surface area (Å²) in [7, 11) is 0. The van der Waals surface area contributed by atoms with Crippen molar-refractivity contribution in [3.8, 4) is 6.07 Å². The number of amides is 2. The molecule has 2 aliphatic heterocycles. The van der Waals surface area contributed by atoms with Gasteiger partial charge < -0.3 is 15.3 Å². The van der Waals surface area contributed by atoms with E-state index in [0.29, 0.717) is 6.42 Å². The van der Waals surface area contributed by atoms with E-state index in [1.165, 1.54) is 16.7 Å². The number of nitriles is 1. The van der Waals surface area contributed by atoms with Crippen LogP contribution in [0.25, 0.3) is 0 Å². The van der Waals surface area contributed by atoms with Crippen molar-refractivity contribution < 1.29 is 19.5 Å². The van der Waals surface area contributed by atoms with E-state index in [-0.39, 0.29) is 17.7 Å². The summed E-state index contributed by atoms with van der Waals surface area (Å²) in [5.74, 6) is -1.86. The molecule has 2 amide bonds. The molecular weight excluding hydrogens is 270 g/mol. The minimum Gasteiger partial charge on any atom is -0.479 e. The Morgan fingerprint density at radius 2 is 2.37 bits per heavy atom. The Kier molecular flexibility index (Phi) is 2.21. The van der Waals surface area contributed by atoms with Gasteiger partial charge in [-0.2, -0.15) is 5.26 Å². The van der Waals surface area contributed by atoms with Crippen LogP contribution in [-0.2, 0) is 14.4 Å². The van der Waals surface area contributed by atoms with E-state index in [4.69, 9.17) is 5.26 Å². The zero-order valence-corrected chi connectivity index (χ0v) is 10.9. The maximum atomic E-state index is 12.0. The van der Waals surface area contributed by atoms with E-state index in [1.807, 2.05) is 6.92 Å². The van der Waals surface area contributed by atoms with Gasteiger partial charge in [0, 0.05) is 6.42 Å². The van der Waals surface area contributed by atoms with Gasteiger partial charge in [0.05, 0.1) is 10.8 Å². The highest BCUT2D eigenvalue weighted by molar-refractivity contribution is 8.02. The molecular formula is C11H11N3O4S. The van der Waals surface area contributed by atoms with E-state index >= 15 is 0 Å². The van der Waals surface area contributed by atoms with Gasteiger partial charge in [0.15, 0.2) is 5.54 Å². The van der Waals surface area contributed by atoms with Crippen molar-refractivity contribution >= 4 is 29.5 Å². The zero-order chi connectivity index (χ0) is 14.0. The lowest BCUT2D eigenvalue weighted by atomic mass is 10.0. The molecule has 19 heavy (non-hydrogen) atoms. The number of fused-ring (bicyclic) bond motifs is 3. The summed E-state index contributed by atoms with van der Waals surface area (Å²) in [5.41, 5.74) is -1.10. The van der Waals surface area contributed by atoms with Crippen molar-refractivity contribution in [2.45, 2.75) is 41.5 Å². The van der Waals surface area contributed by atoms with E-state index in [0.717, 1.165) is 0 Å². The summed E-state index contributed by atoms with van der Waals surface area (Å²) in [6.07, 6.45) is 0.142. The lowest BCUT2D eigenvalue weighted by Gasteiger charge is -2.45. The number of carboxylic acids is 1. The quantitative estimate of drug-likeness (QED) is 0.661. The van der Waals surface area contributed by atoms with E-state index in [1.54, 1.807) is 6.07 Å². The van der Waals surface area contributed by atoms with Crippen molar-refractivity contribution in [1.82, 2.24) is 10.2 Å². The standard InChI is InChI=1S/C11H11N3O4S/c1-10-4-11(10,9(17)18)14-7(16)6(8(14)19-10)13-5(15)2-3-12/h6,8H,2,4H2,1H3,(H,13,15)(H,17,18)/t6-,8-,10-,11-/m1/s1. The summed E-state index contributed by atoms with van der Waals surface area (Å²) < 4.78 is -0.464. The molecule has 2 saturated heterocycles. The smallest absolute Gasteiger partial charge is 0.331 e. The highest BCUT2D eigenvalue weighted by Crippen LogP contribution is 2.71. The molecule has 0 radical (unpaired) electrons. The Bertz CT molecular complexity index is 559. The zero-order valence-electron chi connectivity index (χ0n) is 10.0. The predicted molar refractivity (Wildman–Crippen MR) is 63.8 cm³/mol. The summed E-state index contributed by atoms with van der Waals surface area (Å²) >= 11 is 1.42. The van der Waals surface area contributed by atoms with Crippen molar-refractivity contribution in [2.24, 2.45) is 0 Å². The number of carbonyl (C=O) groups excluding carboxylic acids is 2. The molecule has 0 unspecified atom stereocenters. The van der Waals surface area contributed by atoms with Crippen LogP contribution in [0.15, 0.2) is 0 Å². The van der Waals surface area contributed by atoms with E-state index in [9.17, 15) is 19.5 Å². The van der Waals surface area contributed by atoms with Crippen LogP contribution in [0.5, 0.6) is 0 Å². The highest BCUT2D eigenvalue weighted by atomic mass is 32.2. The monoisotopic (exact) mass is 281 g/mol. The average molecular weight is 281 g/mol. The fourth-order valence-corrected chi connectivity index (χ4v) is 4.93. The molecule has 100 valence electrons. The molecule has 0 bridgehead atoms. The number of carboxylic acid groups (broad SMARTS) is 1. The molecule has 1 aliphatic carbocycles. The van der Waals surface area contributed by atoms with Crippen molar-refractivity contribution in [3.05, 3.63) is 0 Å². The first-order valence-electron chi connectivity index (χ1n) is 5.78. The summed E-state index contributed by atoms with van der Waals surface area (Å²) in [6.45, 7) is 1.82. The maximum Gasteiger partial charge on any atom is 0.331 e. The maximum absolute atomic E-state index is 12.0. The van der Waals surface area contributed by atoms with Crippen molar-refractivity contribution in [2.75, 3.05) is 0 Å². The van der Waals surface area contributed by atoms with Gasteiger partial charge >= 0.3 is 5.97 Å². The third kappa shape index (κ3) is 1.26. The predicted octanol–water partition coefficient (Wildman–Crippen LogP) is -0.714. The topological polar surface area (TPSA) is 110 Å². The molecule has 4 atom stereocenters. The molecule has 0 aromatic carbocycles. The molecule has 2 heterocycles. The minimum atomic E-state index is -1.10. The number of hydrogen-bond acceptors (Lipinski definition) is 5. The number of β-lactam (4-membered cyclic amide) rings is 1. The van der Waals surface area contributed by atoms with Crippen molar-refractivity contribution in [1.29, 1.82) is 5.26 Å². The van der Waals surface area contributed by atoms with E-state index in [2.05, 4.69) is 5.32 Å². The summed E-state index contributed by atoms with van der Waals surface area (Å²) in [5, 5.41) is 19.9. The van der Waals surface area contributed by atoms with Crippen LogP contribution < -0.4 is 5.32 Å². The minimum absolute atomic E-state index is 0.303. The van der Waals surface area contributed by atoms with Crippen LogP contribution >= 0.6 is 11.8 Å². The number of thioether (sulfide) groups is 1. The Morgan fingerprint density at radius 3 is 2.95 bits per heavy atom. The Balaban J connectivity index is 1.77. The van der Waals surface area contributed by atoms with Gasteiger partial charge in [-0.25, -0.2) is 4.79 Å². The van der Waals surface area contributed by atoms with Gasteiger partial charge in [-0.3, -0.25) is 9.59 Å². The molecule has 3 fully saturated rings. The fourth-order valence-electron chi connectivity index (χ4n) is 3.01. The second kappa shape index (κ2) is 3.42. The number of carbonyl (C=O) groups is 3. The number of nitrogens with one attached hydrogen (secondary N) is 1. The van der Waals surface area contributed by atoms with Gasteiger partial charge in [0.2, 0.25) is 11.8 Å². The second-order valence-electron chi connectivity index (χ2n) is 5.17. The normalized spacial score (nSPS) is 41.7. The van der Waals surface area contributed by atoms with Gasteiger partial charge in [0.1, 0.15) is 17.8 Å². The second-order valence-corrected chi connectivity index (χ2v) is 6.79. The van der Waals surface area contributed by atoms with Crippen LogP contribution in [-0.4, -0.2) is 49.5 Å². The Morgan fingerprint density at radius 1 is 1.68 bits per heavy atom. The first-order valence-corrected chi connectivity index (χ1v) is 6.66. The summed E-state index contributed by atoms with van der Waals surface area (Å²) in [6, 6.07) is 1.01. The summed E-state index contributed by atoms with van der Waals surface area (Å²) in [4.78, 5) is 36.1. The molecule has 1 saturated carbocycles. The number of rotatable bonds is 3. The third-order valence-corrected chi connectivity index (χ3v) is 5.81. The number of nitrogens with zero attached hydrogens (tertiary/aromatic N) is 2. The largest absolute Gasteiger partial charge is 0.479 e. The van der Waals surface area contributed by atoms with Gasteiger partial charge in [-0.1, -0.05) is 0 Å². The molecule has 0 aromatic heterocycles. The molecule has 3 aliphatic rings. The number of hydrogen-bond donors (Lipinski definition) is 2. The van der Waals surface area contributed by atoms with Crippen molar-refractivity contribution in [3.63, 3.8) is 0 Å². The Labute approximate surface area is 112 Å². The molecule has 7 nitrogen and oxygen atoms in total. The molecule has 0 aromatic rings. The van der Waals surface area contributed by atoms with Crippen LogP contribution in [0.4, 0.5) is 0 Å². The number of aliphatic carboxylic acids is 1. The lowest BCUT2D eigenvalue weighted by Crippen LogP contribution is -2.72. The van der Waals surface area contributed by atoms with Crippen LogP contribution in [0.1, 0.15) is 19.8 Å². The van der Waals surface area contributed by atoms with Gasteiger partial charge in [0.25, 0.3) is 0 Å². The average Bonchev–Trinajstić information content (AvgIpc) is 2.86. The molecule has 2 N–H and O–H groups in total. The Hall–Kier alpha value is -1.75. The van der Waals surface area contributed by atoms with E-state index < -0.39 is 28.2 Å². The first-order chi connectivity index (χ1) is 8.87. The fraction of sp³-hybridized carbons (Fsp3) is 0.636. The highest BCUT2D eigenvalue weighted by Gasteiger charge is 2.85. The lowest BCUT2D eigenvalue weighted by molar-refractivity contribution is -0.163. The molecule has 8 heteroatoms. The molecule has 0 spiro atoms. The van der Waals surface area contributed by atoms with Gasteiger partial charge in [-0.05, 0) is 6.92 Å². The first kappa shape index (κ1) is 12.3. The van der Waals surface area contributed by atoms with Crippen LogP contribution in [0.3, 0.4) is 0 Å². The SMILES string of the molecule is C[C@@]12C[C@]1(C(=O)O)N1C(=O)[C@@H](NC(=O)CC#N)[C@H]1S2. The van der Waals surface area contributed by atoms with Gasteiger partial charge in [-0.15, -0.1) is 11.8 Å². The van der Waals surface area contributed by atoms with Crippen LogP contribution in [0, 0.1) is 11.3 Å².